The van der Waals surface area contributed by atoms with Gasteiger partial charge < -0.3 is 0 Å². The lowest BCUT2D eigenvalue weighted by atomic mass is 10.0. The first kappa shape index (κ1) is 17.3. The zero-order chi connectivity index (χ0) is 18.5. The van der Waals surface area contributed by atoms with Crippen LogP contribution < -0.4 is 5.43 Å². The van der Waals surface area contributed by atoms with Crippen molar-refractivity contribution in [1.82, 2.24) is 5.43 Å². The van der Waals surface area contributed by atoms with Gasteiger partial charge in [0.1, 0.15) is 0 Å². The summed E-state index contributed by atoms with van der Waals surface area (Å²) in [6.07, 6.45) is 0.221. The molecule has 0 fully saturated rings. The van der Waals surface area contributed by atoms with Crippen LogP contribution in [0.1, 0.15) is 18.1 Å². The van der Waals surface area contributed by atoms with Crippen LogP contribution in [-0.4, -0.2) is 16.5 Å². The lowest BCUT2D eigenvalue weighted by molar-refractivity contribution is -0.384. The number of hydrogen-bond donors (Lipinski definition) is 1. The summed E-state index contributed by atoms with van der Waals surface area (Å²) >= 11 is 0. The fraction of sp³-hybridized carbons (Fsp3) is 0.100. The number of nitro groups is 1. The largest absolute Gasteiger partial charge is 0.273 e. The molecule has 0 aromatic heterocycles. The number of fused-ring (bicyclic) bond motifs is 1. The molecule has 3 aromatic carbocycles. The van der Waals surface area contributed by atoms with E-state index in [0.29, 0.717) is 11.3 Å². The van der Waals surface area contributed by atoms with Gasteiger partial charge in [-0.15, -0.1) is 0 Å². The van der Waals surface area contributed by atoms with E-state index in [4.69, 9.17) is 0 Å². The molecule has 0 atom stereocenters. The molecule has 0 radical (unpaired) electrons. The Morgan fingerprint density at radius 3 is 2.46 bits per heavy atom. The molecule has 0 heterocycles. The van der Waals surface area contributed by atoms with Crippen LogP contribution in [0.2, 0.25) is 0 Å². The van der Waals surface area contributed by atoms with Crippen molar-refractivity contribution in [2.75, 3.05) is 0 Å². The number of carbonyl (C=O) groups is 1. The lowest BCUT2D eigenvalue weighted by Crippen LogP contribution is -2.21. The van der Waals surface area contributed by atoms with Crippen LogP contribution in [0.3, 0.4) is 0 Å². The number of nitrogens with one attached hydrogen (secondary N) is 1. The topological polar surface area (TPSA) is 84.6 Å². The van der Waals surface area contributed by atoms with Crippen molar-refractivity contribution in [1.29, 1.82) is 0 Å². The summed E-state index contributed by atoms with van der Waals surface area (Å²) in [7, 11) is 0. The Hall–Kier alpha value is -3.54. The number of hydrogen-bond acceptors (Lipinski definition) is 4. The summed E-state index contributed by atoms with van der Waals surface area (Å²) in [5.41, 5.74) is 4.78. The third-order valence-corrected chi connectivity index (χ3v) is 4.08. The number of nitro benzene ring substituents is 1. The lowest BCUT2D eigenvalue weighted by Gasteiger charge is -2.06. The van der Waals surface area contributed by atoms with Crippen LogP contribution in [0.25, 0.3) is 10.8 Å². The van der Waals surface area contributed by atoms with Crippen molar-refractivity contribution in [2.24, 2.45) is 5.10 Å². The predicted molar refractivity (Wildman–Crippen MR) is 101 cm³/mol. The third-order valence-electron chi connectivity index (χ3n) is 4.08. The van der Waals surface area contributed by atoms with Crippen LogP contribution in [0.5, 0.6) is 0 Å². The second kappa shape index (κ2) is 7.57. The van der Waals surface area contributed by atoms with E-state index < -0.39 is 4.92 Å². The number of benzene rings is 3. The van der Waals surface area contributed by atoms with Gasteiger partial charge in [-0.3, -0.25) is 14.9 Å². The van der Waals surface area contributed by atoms with Crippen LogP contribution in [-0.2, 0) is 11.2 Å². The maximum Gasteiger partial charge on any atom is 0.269 e. The van der Waals surface area contributed by atoms with E-state index in [9.17, 15) is 14.9 Å². The van der Waals surface area contributed by atoms with E-state index in [1.54, 1.807) is 19.1 Å². The van der Waals surface area contributed by atoms with Crippen LogP contribution in [0.4, 0.5) is 5.69 Å². The number of rotatable bonds is 5. The molecule has 26 heavy (non-hydrogen) atoms. The van der Waals surface area contributed by atoms with E-state index >= 15 is 0 Å². The van der Waals surface area contributed by atoms with Crippen molar-refractivity contribution in [3.05, 3.63) is 88.0 Å². The molecule has 0 aliphatic carbocycles. The Morgan fingerprint density at radius 2 is 1.73 bits per heavy atom. The zero-order valence-electron chi connectivity index (χ0n) is 14.2. The van der Waals surface area contributed by atoms with Gasteiger partial charge in [0.25, 0.3) is 5.69 Å². The Labute approximate surface area is 150 Å². The summed E-state index contributed by atoms with van der Waals surface area (Å²) in [4.78, 5) is 22.5. The summed E-state index contributed by atoms with van der Waals surface area (Å²) in [6.45, 7) is 1.74. The van der Waals surface area contributed by atoms with E-state index in [0.717, 1.165) is 16.3 Å². The number of nitrogens with zero attached hydrogens (tertiary/aromatic N) is 2. The Bertz CT molecular complexity index is 989. The molecule has 130 valence electrons. The van der Waals surface area contributed by atoms with Gasteiger partial charge in [0.2, 0.25) is 5.91 Å². The highest BCUT2D eigenvalue weighted by Crippen LogP contribution is 2.19. The number of hydrazone groups is 1. The number of carbonyl (C=O) groups excluding carboxylic acids is 1. The van der Waals surface area contributed by atoms with Gasteiger partial charge in [-0.2, -0.15) is 5.10 Å². The molecule has 6 nitrogen and oxygen atoms in total. The Kier molecular flexibility index (Phi) is 5.03. The molecule has 0 bridgehead atoms. The van der Waals surface area contributed by atoms with E-state index in [-0.39, 0.29) is 18.0 Å². The maximum atomic E-state index is 12.2. The van der Waals surface area contributed by atoms with E-state index in [1.165, 1.54) is 12.1 Å². The summed E-state index contributed by atoms with van der Waals surface area (Å²) in [5, 5.41) is 16.9. The first-order valence-electron chi connectivity index (χ1n) is 8.09. The fourth-order valence-electron chi connectivity index (χ4n) is 2.69. The Balaban J connectivity index is 1.69. The molecule has 0 saturated carbocycles. The molecule has 0 aliphatic heterocycles. The Morgan fingerprint density at radius 1 is 1.04 bits per heavy atom. The average molecular weight is 347 g/mol. The molecule has 0 unspecified atom stereocenters. The van der Waals surface area contributed by atoms with Crippen molar-refractivity contribution >= 4 is 28.1 Å². The van der Waals surface area contributed by atoms with Crippen molar-refractivity contribution in [3.63, 3.8) is 0 Å². The maximum absolute atomic E-state index is 12.2. The summed E-state index contributed by atoms with van der Waals surface area (Å²) < 4.78 is 0. The molecule has 3 aromatic rings. The average Bonchev–Trinajstić information content (AvgIpc) is 2.66. The van der Waals surface area contributed by atoms with Crippen molar-refractivity contribution < 1.29 is 9.72 Å². The standard InChI is InChI=1S/C20H17N3O3/c1-14(15-9-11-18(12-10-15)23(25)26)21-22-20(24)13-17-7-4-6-16-5-2-3-8-19(16)17/h2-12H,13H2,1H3,(H,22,24)/b21-14-. The van der Waals surface area contributed by atoms with Gasteiger partial charge in [0.05, 0.1) is 17.1 Å². The van der Waals surface area contributed by atoms with Crippen LogP contribution >= 0.6 is 0 Å². The van der Waals surface area contributed by atoms with Gasteiger partial charge >= 0.3 is 0 Å². The minimum Gasteiger partial charge on any atom is -0.273 e. The van der Waals surface area contributed by atoms with Gasteiger partial charge in [-0.25, -0.2) is 5.43 Å². The fourth-order valence-corrected chi connectivity index (χ4v) is 2.69. The molecular formula is C20H17N3O3. The van der Waals surface area contributed by atoms with E-state index in [2.05, 4.69) is 10.5 Å². The molecule has 0 spiro atoms. The molecule has 1 N–H and O–H groups in total. The van der Waals surface area contributed by atoms with E-state index in [1.807, 2.05) is 42.5 Å². The highest BCUT2D eigenvalue weighted by atomic mass is 16.6. The third kappa shape index (κ3) is 3.92. The highest BCUT2D eigenvalue weighted by molar-refractivity contribution is 5.99. The predicted octanol–water partition coefficient (Wildman–Crippen LogP) is 3.83. The van der Waals surface area contributed by atoms with Crippen molar-refractivity contribution in [3.8, 4) is 0 Å². The molecule has 0 saturated heterocycles. The summed E-state index contributed by atoms with van der Waals surface area (Å²) in [6, 6.07) is 19.8. The first-order valence-corrected chi connectivity index (χ1v) is 8.09. The van der Waals surface area contributed by atoms with Gasteiger partial charge in [0, 0.05) is 12.1 Å². The molecule has 1 amide bonds. The van der Waals surface area contributed by atoms with Crippen LogP contribution in [0, 0.1) is 10.1 Å². The normalized spacial score (nSPS) is 11.3. The number of non-ortho nitro benzene ring substituents is 1. The highest BCUT2D eigenvalue weighted by Gasteiger charge is 2.08. The minimum absolute atomic E-state index is 0.0153. The second-order valence-electron chi connectivity index (χ2n) is 5.85. The molecule has 3 rings (SSSR count). The molecule has 6 heteroatoms. The summed E-state index contributed by atoms with van der Waals surface area (Å²) in [5.74, 6) is -0.220. The van der Waals surface area contributed by atoms with Gasteiger partial charge in [-0.1, -0.05) is 42.5 Å². The quantitative estimate of drug-likeness (QED) is 0.432. The zero-order valence-corrected chi connectivity index (χ0v) is 14.2. The first-order chi connectivity index (χ1) is 12.5. The van der Waals surface area contributed by atoms with Crippen LogP contribution in [0.15, 0.2) is 71.8 Å². The molecular weight excluding hydrogens is 330 g/mol. The van der Waals surface area contributed by atoms with Gasteiger partial charge in [-0.05, 0) is 41.0 Å². The monoisotopic (exact) mass is 347 g/mol. The number of amides is 1. The van der Waals surface area contributed by atoms with Gasteiger partial charge in [0.15, 0.2) is 0 Å². The van der Waals surface area contributed by atoms with Crippen molar-refractivity contribution in [2.45, 2.75) is 13.3 Å². The molecule has 0 aliphatic rings. The smallest absolute Gasteiger partial charge is 0.269 e. The minimum atomic E-state index is -0.456. The SMILES string of the molecule is C/C(=N/NC(=O)Cc1cccc2ccccc12)c1ccc([N+](=O)[O-])cc1. The second-order valence-corrected chi connectivity index (χ2v) is 5.85.